The molecule has 1 amide bonds. The lowest BCUT2D eigenvalue weighted by atomic mass is 10.2. The first-order valence-electron chi connectivity index (χ1n) is 6.98. The van der Waals surface area contributed by atoms with Gasteiger partial charge in [-0.15, -0.1) is 22.7 Å². The van der Waals surface area contributed by atoms with Crippen LogP contribution < -0.4 is 5.32 Å². The highest BCUT2D eigenvalue weighted by molar-refractivity contribution is 9.10. The van der Waals surface area contributed by atoms with Gasteiger partial charge in [-0.25, -0.2) is 4.98 Å². The second-order valence-corrected chi connectivity index (χ2v) is 7.70. The van der Waals surface area contributed by atoms with Crippen LogP contribution in [0.2, 0.25) is 0 Å². The molecule has 0 radical (unpaired) electrons. The van der Waals surface area contributed by atoms with Crippen LogP contribution in [0.25, 0.3) is 9.88 Å². The van der Waals surface area contributed by atoms with Crippen molar-refractivity contribution in [1.29, 1.82) is 0 Å². The molecule has 2 heterocycles. The Morgan fingerprint density at radius 1 is 1.24 bits per heavy atom. The van der Waals surface area contributed by atoms with Crippen LogP contribution in [0.3, 0.4) is 0 Å². The van der Waals surface area contributed by atoms with Crippen LogP contribution in [-0.4, -0.2) is 10.9 Å². The summed E-state index contributed by atoms with van der Waals surface area (Å²) in [5.74, 6) is -0.418. The Balaban J connectivity index is 1.69. The lowest BCUT2D eigenvalue weighted by molar-refractivity contribution is -0.138. The largest absolute Gasteiger partial charge is 0.417 e. The zero-order valence-corrected chi connectivity index (χ0v) is 15.7. The Kier molecular flexibility index (Phi) is 5.26. The average molecular weight is 447 g/mol. The minimum Gasteiger partial charge on any atom is -0.326 e. The van der Waals surface area contributed by atoms with Crippen LogP contribution in [-0.2, 0) is 17.4 Å². The van der Waals surface area contributed by atoms with Crippen LogP contribution in [0.4, 0.5) is 18.9 Å². The number of anilines is 1. The first-order chi connectivity index (χ1) is 11.8. The number of thiophene rings is 1. The Bertz CT molecular complexity index is 891. The number of alkyl halides is 3. The van der Waals surface area contributed by atoms with E-state index in [4.69, 9.17) is 0 Å². The zero-order valence-electron chi connectivity index (χ0n) is 12.4. The predicted molar refractivity (Wildman–Crippen MR) is 96.9 cm³/mol. The number of nitrogens with zero attached hydrogens (tertiary/aromatic N) is 1. The van der Waals surface area contributed by atoms with Crippen molar-refractivity contribution in [2.45, 2.75) is 12.6 Å². The highest BCUT2D eigenvalue weighted by atomic mass is 79.9. The lowest BCUT2D eigenvalue weighted by Gasteiger charge is -2.11. The fraction of sp³-hybridized carbons (Fsp3) is 0.125. The maximum Gasteiger partial charge on any atom is 0.417 e. The van der Waals surface area contributed by atoms with Crippen LogP contribution in [0.15, 0.2) is 45.6 Å². The van der Waals surface area contributed by atoms with E-state index in [1.807, 2.05) is 17.5 Å². The lowest BCUT2D eigenvalue weighted by Crippen LogP contribution is -2.15. The molecule has 2 aromatic heterocycles. The highest BCUT2D eigenvalue weighted by Gasteiger charge is 2.33. The molecular weight excluding hydrogens is 437 g/mol. The van der Waals surface area contributed by atoms with Crippen molar-refractivity contribution in [3.63, 3.8) is 0 Å². The molecule has 9 heteroatoms. The summed E-state index contributed by atoms with van der Waals surface area (Å²) in [6, 6.07) is 7.43. The third kappa shape index (κ3) is 4.47. The molecule has 0 atom stereocenters. The number of carbonyl (C=O) groups is 1. The van der Waals surface area contributed by atoms with E-state index in [9.17, 15) is 18.0 Å². The number of benzene rings is 1. The van der Waals surface area contributed by atoms with E-state index in [2.05, 4.69) is 26.2 Å². The number of hydrogen-bond acceptors (Lipinski definition) is 4. The second-order valence-electron chi connectivity index (χ2n) is 5.04. The number of halogens is 4. The van der Waals surface area contributed by atoms with Gasteiger partial charge in [-0.1, -0.05) is 22.0 Å². The van der Waals surface area contributed by atoms with Crippen LogP contribution in [0.1, 0.15) is 11.3 Å². The Morgan fingerprint density at radius 2 is 2.04 bits per heavy atom. The summed E-state index contributed by atoms with van der Waals surface area (Å²) in [6.07, 6.45) is -4.50. The van der Waals surface area contributed by atoms with Gasteiger partial charge in [0, 0.05) is 15.5 Å². The predicted octanol–water partition coefficient (Wildman–Crippen LogP) is 5.83. The molecule has 1 aromatic carbocycles. The molecule has 25 heavy (non-hydrogen) atoms. The molecule has 3 nitrogen and oxygen atoms in total. The van der Waals surface area contributed by atoms with Crippen molar-refractivity contribution in [3.8, 4) is 9.88 Å². The van der Waals surface area contributed by atoms with Crippen molar-refractivity contribution >= 4 is 50.2 Å². The summed E-state index contributed by atoms with van der Waals surface area (Å²) in [4.78, 5) is 17.5. The van der Waals surface area contributed by atoms with Gasteiger partial charge in [0.05, 0.1) is 22.6 Å². The van der Waals surface area contributed by atoms with Gasteiger partial charge in [0.25, 0.3) is 0 Å². The molecule has 0 aliphatic carbocycles. The van der Waals surface area contributed by atoms with Gasteiger partial charge in [0.1, 0.15) is 5.01 Å². The normalized spacial score (nSPS) is 11.5. The number of nitrogens with one attached hydrogen (secondary N) is 1. The number of rotatable bonds is 4. The first-order valence-corrected chi connectivity index (χ1v) is 9.53. The van der Waals surface area contributed by atoms with Crippen molar-refractivity contribution in [3.05, 3.63) is 56.8 Å². The average Bonchev–Trinajstić information content (AvgIpc) is 3.19. The summed E-state index contributed by atoms with van der Waals surface area (Å²) in [6.45, 7) is 0. The van der Waals surface area contributed by atoms with Crippen LogP contribution in [0.5, 0.6) is 0 Å². The number of aromatic nitrogens is 1. The van der Waals surface area contributed by atoms with Gasteiger partial charge in [-0.05, 0) is 29.6 Å². The van der Waals surface area contributed by atoms with Crippen molar-refractivity contribution < 1.29 is 18.0 Å². The Morgan fingerprint density at radius 3 is 2.72 bits per heavy atom. The third-order valence-electron chi connectivity index (χ3n) is 3.18. The van der Waals surface area contributed by atoms with Crippen LogP contribution in [0, 0.1) is 0 Å². The van der Waals surface area contributed by atoms with Crippen molar-refractivity contribution in [2.75, 3.05) is 5.32 Å². The molecule has 0 aliphatic rings. The van der Waals surface area contributed by atoms with E-state index >= 15 is 0 Å². The van der Waals surface area contributed by atoms with Gasteiger partial charge in [-0.3, -0.25) is 4.79 Å². The number of hydrogen-bond donors (Lipinski definition) is 1. The van der Waals surface area contributed by atoms with E-state index in [0.717, 1.165) is 16.0 Å². The topological polar surface area (TPSA) is 42.0 Å². The number of thiazole rings is 1. The fourth-order valence-electron chi connectivity index (χ4n) is 2.09. The molecule has 3 rings (SSSR count). The monoisotopic (exact) mass is 446 g/mol. The van der Waals surface area contributed by atoms with Gasteiger partial charge in [-0.2, -0.15) is 13.2 Å². The van der Waals surface area contributed by atoms with E-state index in [1.165, 1.54) is 23.5 Å². The van der Waals surface area contributed by atoms with Gasteiger partial charge in [0.2, 0.25) is 5.91 Å². The molecule has 0 unspecified atom stereocenters. The second kappa shape index (κ2) is 7.27. The minimum absolute atomic E-state index is 0.000704. The Hall–Kier alpha value is -1.71. The smallest absolute Gasteiger partial charge is 0.326 e. The summed E-state index contributed by atoms with van der Waals surface area (Å²) in [5, 5.41) is 7.02. The SMILES string of the molecule is O=C(Cc1csc(-c2cccs2)n1)Nc1ccc(Br)c(C(F)(F)F)c1. The summed E-state index contributed by atoms with van der Waals surface area (Å²) in [7, 11) is 0. The van der Waals surface area contributed by atoms with Crippen molar-refractivity contribution in [1.82, 2.24) is 4.98 Å². The molecule has 0 saturated heterocycles. The molecule has 0 bridgehead atoms. The standard InChI is InChI=1S/C16H10BrF3N2OS2/c17-12-4-3-9(6-11(12)16(18,19)20)21-14(23)7-10-8-25-15(22-10)13-2-1-5-24-13/h1-6,8H,7H2,(H,21,23). The molecule has 0 spiro atoms. The molecular formula is C16H10BrF3N2OS2. The third-order valence-corrected chi connectivity index (χ3v) is 5.80. The molecule has 0 fully saturated rings. The summed E-state index contributed by atoms with van der Waals surface area (Å²) in [5.41, 5.74) is -0.160. The van der Waals surface area contributed by atoms with E-state index in [-0.39, 0.29) is 16.6 Å². The van der Waals surface area contributed by atoms with E-state index in [1.54, 1.807) is 16.7 Å². The summed E-state index contributed by atoms with van der Waals surface area (Å²) < 4.78 is 38.6. The maximum absolute atomic E-state index is 12.9. The minimum atomic E-state index is -4.50. The number of carbonyl (C=O) groups excluding carboxylic acids is 1. The number of amides is 1. The molecule has 1 N–H and O–H groups in total. The fourth-order valence-corrected chi connectivity index (χ4v) is 4.20. The van der Waals surface area contributed by atoms with Gasteiger partial charge < -0.3 is 5.32 Å². The Labute approximate surface area is 157 Å². The van der Waals surface area contributed by atoms with Gasteiger partial charge >= 0.3 is 6.18 Å². The molecule has 0 saturated carbocycles. The molecule has 0 aliphatic heterocycles. The van der Waals surface area contributed by atoms with E-state index < -0.39 is 17.6 Å². The molecule has 3 aromatic rings. The van der Waals surface area contributed by atoms with E-state index in [0.29, 0.717) is 5.69 Å². The highest BCUT2D eigenvalue weighted by Crippen LogP contribution is 2.36. The maximum atomic E-state index is 12.9. The zero-order chi connectivity index (χ0) is 18.0. The summed E-state index contributed by atoms with van der Waals surface area (Å²) >= 11 is 5.85. The van der Waals surface area contributed by atoms with Crippen LogP contribution >= 0.6 is 38.6 Å². The van der Waals surface area contributed by atoms with Crippen molar-refractivity contribution in [2.24, 2.45) is 0 Å². The van der Waals surface area contributed by atoms with Gasteiger partial charge in [0.15, 0.2) is 0 Å². The quantitative estimate of drug-likeness (QED) is 0.547. The first kappa shape index (κ1) is 18.1. The molecule has 130 valence electrons.